The fourth-order valence-electron chi connectivity index (χ4n) is 9.18. The number of benzene rings is 8. The van der Waals surface area contributed by atoms with Crippen LogP contribution < -0.4 is 15.1 Å². The second kappa shape index (κ2) is 14.1. The summed E-state index contributed by atoms with van der Waals surface area (Å²) in [6.45, 7) is 19.1. The monoisotopic (exact) mass is 742 g/mol. The maximum absolute atomic E-state index is 9.73. The van der Waals surface area contributed by atoms with Crippen molar-refractivity contribution in [1.82, 2.24) is 5.32 Å². The molecule has 1 N–H and O–H groups in total. The molecular formula is C53H50N4. The second-order valence-corrected chi connectivity index (χ2v) is 16.9. The van der Waals surface area contributed by atoms with E-state index in [0.29, 0.717) is 17.5 Å². The number of rotatable bonds is 9. The Kier molecular flexibility index (Phi) is 9.03. The number of hydrogen-bond acceptors (Lipinski definition) is 4. The summed E-state index contributed by atoms with van der Waals surface area (Å²) < 4.78 is 0. The van der Waals surface area contributed by atoms with E-state index < -0.39 is 0 Å². The summed E-state index contributed by atoms with van der Waals surface area (Å²) in [4.78, 5) is 4.89. The van der Waals surface area contributed by atoms with Gasteiger partial charge in [0.2, 0.25) is 0 Å². The zero-order chi connectivity index (χ0) is 39.7. The van der Waals surface area contributed by atoms with Crippen LogP contribution in [0, 0.1) is 39.0 Å². The number of nitrogens with one attached hydrogen (secondary N) is 1. The third kappa shape index (κ3) is 6.47. The third-order valence-corrected chi connectivity index (χ3v) is 11.8. The molecule has 4 heteroatoms. The van der Waals surface area contributed by atoms with Crippen molar-refractivity contribution in [1.29, 1.82) is 5.26 Å². The minimum atomic E-state index is 0.283. The summed E-state index contributed by atoms with van der Waals surface area (Å²) in [6, 6.07) is 48.1. The molecule has 57 heavy (non-hydrogen) atoms. The molecule has 1 fully saturated rings. The Bertz CT molecular complexity index is 2810. The number of hydrogen-bond donors (Lipinski definition) is 1. The Morgan fingerprint density at radius 2 is 0.895 bits per heavy atom. The van der Waals surface area contributed by atoms with Gasteiger partial charge in [-0.05, 0) is 173 Å². The van der Waals surface area contributed by atoms with E-state index in [1.54, 1.807) is 0 Å². The minimum Gasteiger partial charge on any atom is -0.310 e. The van der Waals surface area contributed by atoms with Crippen molar-refractivity contribution in [3.63, 3.8) is 0 Å². The molecular weight excluding hydrogens is 693 g/mol. The molecule has 4 nitrogen and oxygen atoms in total. The predicted octanol–water partition coefficient (Wildman–Crippen LogP) is 14.5. The van der Waals surface area contributed by atoms with E-state index >= 15 is 0 Å². The highest BCUT2D eigenvalue weighted by atomic mass is 15.2. The van der Waals surface area contributed by atoms with Crippen LogP contribution in [0.25, 0.3) is 32.3 Å². The summed E-state index contributed by atoms with van der Waals surface area (Å²) in [5.74, 6) is 0.581. The number of nitrogens with zero attached hydrogens (tertiary/aromatic N) is 3. The van der Waals surface area contributed by atoms with Gasteiger partial charge in [-0.15, -0.1) is 0 Å². The fourth-order valence-corrected chi connectivity index (χ4v) is 9.18. The summed E-state index contributed by atoms with van der Waals surface area (Å²) in [7, 11) is 0. The molecule has 1 atom stereocenters. The number of aryl methyl sites for hydroxylation is 4. The largest absolute Gasteiger partial charge is 0.310 e. The predicted molar refractivity (Wildman–Crippen MR) is 242 cm³/mol. The average Bonchev–Trinajstić information content (AvgIpc) is 4.03. The van der Waals surface area contributed by atoms with E-state index in [9.17, 15) is 5.26 Å². The van der Waals surface area contributed by atoms with Crippen LogP contribution in [0.5, 0.6) is 0 Å². The molecule has 0 spiro atoms. The van der Waals surface area contributed by atoms with Gasteiger partial charge in [-0.25, -0.2) is 0 Å². The highest BCUT2D eigenvalue weighted by Crippen LogP contribution is 2.51. The Balaban J connectivity index is 1.39. The van der Waals surface area contributed by atoms with Gasteiger partial charge in [-0.2, -0.15) is 5.26 Å². The molecule has 1 aliphatic heterocycles. The van der Waals surface area contributed by atoms with E-state index in [1.807, 2.05) is 12.1 Å². The molecule has 0 aliphatic carbocycles. The molecule has 0 radical (unpaired) electrons. The lowest BCUT2D eigenvalue weighted by molar-refractivity contribution is 0.875. The van der Waals surface area contributed by atoms with Crippen LogP contribution in [0.1, 0.15) is 90.1 Å². The van der Waals surface area contributed by atoms with Gasteiger partial charge >= 0.3 is 0 Å². The maximum Gasteiger partial charge on any atom is 0.0991 e. The van der Waals surface area contributed by atoms with Crippen LogP contribution in [0.4, 0.5) is 34.1 Å². The third-order valence-electron chi connectivity index (χ3n) is 11.8. The van der Waals surface area contributed by atoms with Crippen LogP contribution in [0.2, 0.25) is 0 Å². The van der Waals surface area contributed by atoms with Crippen LogP contribution in [0.3, 0.4) is 0 Å². The summed E-state index contributed by atoms with van der Waals surface area (Å²) in [5, 5.41) is 20.9. The van der Waals surface area contributed by atoms with E-state index in [2.05, 4.69) is 186 Å². The summed E-state index contributed by atoms with van der Waals surface area (Å²) in [5.41, 5.74) is 16.4. The zero-order valence-electron chi connectivity index (χ0n) is 34.3. The van der Waals surface area contributed by atoms with Gasteiger partial charge in [0.15, 0.2) is 0 Å². The van der Waals surface area contributed by atoms with Gasteiger partial charge in [0.05, 0.1) is 23.0 Å². The topological polar surface area (TPSA) is 52.2 Å². The fraction of sp³-hybridized carbons (Fsp3) is 0.226. The Morgan fingerprint density at radius 1 is 0.509 bits per heavy atom. The minimum absolute atomic E-state index is 0.283. The van der Waals surface area contributed by atoms with Gasteiger partial charge in [0, 0.05) is 46.1 Å². The number of nitriles is 1. The zero-order valence-corrected chi connectivity index (χ0v) is 34.3. The molecule has 0 bridgehead atoms. The maximum atomic E-state index is 9.73. The van der Waals surface area contributed by atoms with Crippen molar-refractivity contribution in [3.05, 3.63) is 166 Å². The van der Waals surface area contributed by atoms with Gasteiger partial charge in [0.1, 0.15) is 0 Å². The summed E-state index contributed by atoms with van der Waals surface area (Å²) in [6.07, 6.45) is 0. The first-order chi connectivity index (χ1) is 27.5. The molecule has 282 valence electrons. The Hall–Kier alpha value is -6.15. The lowest BCUT2D eigenvalue weighted by Crippen LogP contribution is -2.13. The van der Waals surface area contributed by atoms with Crippen molar-refractivity contribution in [2.45, 2.75) is 73.3 Å². The van der Waals surface area contributed by atoms with Gasteiger partial charge in [-0.1, -0.05) is 76.2 Å². The summed E-state index contributed by atoms with van der Waals surface area (Å²) >= 11 is 0. The first-order valence-corrected chi connectivity index (χ1v) is 20.4. The molecule has 8 aromatic rings. The van der Waals surface area contributed by atoms with E-state index in [1.165, 1.54) is 82.6 Å². The second-order valence-electron chi connectivity index (χ2n) is 16.9. The lowest BCUT2D eigenvalue weighted by Gasteiger charge is -2.32. The molecule has 0 aromatic heterocycles. The highest BCUT2D eigenvalue weighted by Gasteiger charge is 2.27. The van der Waals surface area contributed by atoms with E-state index in [-0.39, 0.29) is 5.92 Å². The molecule has 0 unspecified atom stereocenters. The van der Waals surface area contributed by atoms with Crippen molar-refractivity contribution >= 4 is 66.4 Å². The first kappa shape index (κ1) is 36.5. The molecule has 0 amide bonds. The standard InChI is InChI=1S/C53H50N4/c1-31(2)47-27-50(56(39-13-9-37(29-54)10-14-39)41-23-33(5)21-34(6)24-41)45-19-17-44-48(32(3)4)28-51(46-20-18-43(47)52(45)53(44)46)57(42-25-35(7)22-36(8)26-42)40-15-11-38(12-16-40)49-30-55-49/h9-28,31-32,49,55H,30H2,1-8H3/t49-/m0/s1. The molecule has 1 heterocycles. The van der Waals surface area contributed by atoms with Gasteiger partial charge in [0.25, 0.3) is 0 Å². The van der Waals surface area contributed by atoms with E-state index in [4.69, 9.17) is 0 Å². The smallest absolute Gasteiger partial charge is 0.0991 e. The molecule has 9 rings (SSSR count). The molecule has 1 aliphatic rings. The van der Waals surface area contributed by atoms with Crippen molar-refractivity contribution in [2.75, 3.05) is 16.3 Å². The van der Waals surface area contributed by atoms with Crippen LogP contribution in [-0.4, -0.2) is 6.54 Å². The first-order valence-electron chi connectivity index (χ1n) is 20.4. The van der Waals surface area contributed by atoms with Crippen LogP contribution >= 0.6 is 0 Å². The highest BCUT2D eigenvalue weighted by molar-refractivity contribution is 6.29. The molecule has 8 aromatic carbocycles. The lowest BCUT2D eigenvalue weighted by atomic mass is 9.84. The van der Waals surface area contributed by atoms with E-state index in [0.717, 1.165) is 29.3 Å². The molecule has 1 saturated heterocycles. The van der Waals surface area contributed by atoms with Crippen molar-refractivity contribution in [3.8, 4) is 6.07 Å². The van der Waals surface area contributed by atoms with Gasteiger partial charge in [-0.3, -0.25) is 0 Å². The van der Waals surface area contributed by atoms with Gasteiger partial charge < -0.3 is 15.1 Å². The number of anilines is 6. The quantitative estimate of drug-likeness (QED) is 0.118. The van der Waals surface area contributed by atoms with Crippen LogP contribution in [0.15, 0.2) is 121 Å². The van der Waals surface area contributed by atoms with Crippen molar-refractivity contribution < 1.29 is 0 Å². The Morgan fingerprint density at radius 3 is 1.26 bits per heavy atom. The normalized spacial score (nSPS) is 13.9. The average molecular weight is 743 g/mol. The van der Waals surface area contributed by atoms with Crippen molar-refractivity contribution in [2.24, 2.45) is 0 Å². The van der Waals surface area contributed by atoms with Crippen LogP contribution in [-0.2, 0) is 0 Å². The molecule has 0 saturated carbocycles. The SMILES string of the molecule is Cc1cc(C)cc(N(c2ccc(C#N)cc2)c2cc(C(C)C)c3ccc4c(N(c5ccc([C@@H]6CN6)cc5)c5cc(C)cc(C)c5)cc(C(C)C)c5ccc2c3c54)c1. The Labute approximate surface area is 337 Å².